The molecular weight excluding hydrogens is 270 g/mol. The highest BCUT2D eigenvalue weighted by Crippen LogP contribution is 2.12. The Balaban J connectivity index is 2.25. The van der Waals surface area contributed by atoms with Gasteiger partial charge in [-0.25, -0.2) is 5.10 Å². The zero-order chi connectivity index (χ0) is 15.2. The lowest BCUT2D eigenvalue weighted by atomic mass is 10.0. The molecule has 0 radical (unpaired) electrons. The van der Waals surface area contributed by atoms with E-state index < -0.39 is 0 Å². The Bertz CT molecular complexity index is 764. The summed E-state index contributed by atoms with van der Waals surface area (Å²) in [4.78, 5) is 23.1. The predicted octanol–water partition coefficient (Wildman–Crippen LogP) is 0.674. The van der Waals surface area contributed by atoms with Gasteiger partial charge in [0.1, 0.15) is 6.61 Å². The lowest BCUT2D eigenvalue weighted by molar-refractivity contribution is 0.102. The summed E-state index contributed by atoms with van der Waals surface area (Å²) < 4.78 is 0. The van der Waals surface area contributed by atoms with Crippen LogP contribution < -0.4 is 10.9 Å². The number of rotatable bonds is 2. The van der Waals surface area contributed by atoms with Gasteiger partial charge >= 0.3 is 0 Å². The number of aryl methyl sites for hydroxylation is 1. The van der Waals surface area contributed by atoms with Crippen molar-refractivity contribution in [1.29, 1.82) is 0 Å². The fraction of sp³-hybridized carbons (Fsp3) is 0.133. The Hall–Kier alpha value is -2.91. The normalized spacial score (nSPS) is 9.62. The number of aliphatic hydroxyl groups excluding tert-OH is 1. The monoisotopic (exact) mass is 283 g/mol. The Morgan fingerprint density at radius 2 is 2.19 bits per heavy atom. The maximum absolute atomic E-state index is 12.2. The molecule has 0 fully saturated rings. The van der Waals surface area contributed by atoms with E-state index in [0.717, 1.165) is 5.56 Å². The van der Waals surface area contributed by atoms with Crippen molar-refractivity contribution < 1.29 is 9.90 Å². The Morgan fingerprint density at radius 1 is 1.38 bits per heavy atom. The number of nitrogens with one attached hydrogen (secondary N) is 2. The molecule has 106 valence electrons. The summed E-state index contributed by atoms with van der Waals surface area (Å²) in [6.07, 6.45) is 0. The Labute approximate surface area is 120 Å². The van der Waals surface area contributed by atoms with E-state index in [1.807, 2.05) is 0 Å². The maximum Gasteiger partial charge on any atom is 0.264 e. The second-order valence-electron chi connectivity index (χ2n) is 4.25. The van der Waals surface area contributed by atoms with Crippen LogP contribution >= 0.6 is 0 Å². The van der Waals surface area contributed by atoms with E-state index in [9.17, 15) is 9.59 Å². The molecular formula is C15H13N3O3. The molecule has 2 rings (SSSR count). The minimum atomic E-state index is -0.348. The Kier molecular flexibility index (Phi) is 4.49. The molecule has 0 aliphatic carbocycles. The third-order valence-corrected chi connectivity index (χ3v) is 2.71. The number of anilines is 1. The van der Waals surface area contributed by atoms with Gasteiger partial charge in [-0.3, -0.25) is 9.59 Å². The first kappa shape index (κ1) is 14.5. The van der Waals surface area contributed by atoms with Crippen molar-refractivity contribution in [3.63, 3.8) is 0 Å². The summed E-state index contributed by atoms with van der Waals surface area (Å²) in [5.74, 6) is 5.18. The molecule has 6 heteroatoms. The van der Waals surface area contributed by atoms with E-state index in [1.165, 1.54) is 12.1 Å². The first-order valence-corrected chi connectivity index (χ1v) is 6.17. The lowest BCUT2D eigenvalue weighted by Gasteiger charge is -2.07. The lowest BCUT2D eigenvalue weighted by Crippen LogP contribution is -2.16. The third kappa shape index (κ3) is 3.78. The molecule has 0 saturated heterocycles. The zero-order valence-electron chi connectivity index (χ0n) is 11.3. The summed E-state index contributed by atoms with van der Waals surface area (Å²) in [5.41, 5.74) is 1.53. The smallest absolute Gasteiger partial charge is 0.264 e. The minimum absolute atomic E-state index is 0.239. The van der Waals surface area contributed by atoms with Crippen molar-refractivity contribution in [2.24, 2.45) is 0 Å². The van der Waals surface area contributed by atoms with Crippen LogP contribution in [0.2, 0.25) is 0 Å². The highest BCUT2D eigenvalue weighted by Gasteiger charge is 2.10. The van der Waals surface area contributed by atoms with E-state index >= 15 is 0 Å². The fourth-order valence-electron chi connectivity index (χ4n) is 1.68. The van der Waals surface area contributed by atoms with Gasteiger partial charge in [0.15, 0.2) is 5.82 Å². The van der Waals surface area contributed by atoms with Gasteiger partial charge < -0.3 is 10.4 Å². The number of amides is 1. The van der Waals surface area contributed by atoms with Gasteiger partial charge in [0, 0.05) is 17.2 Å². The second-order valence-corrected chi connectivity index (χ2v) is 4.25. The van der Waals surface area contributed by atoms with Gasteiger partial charge in [-0.1, -0.05) is 17.9 Å². The molecule has 1 aromatic carbocycles. The number of carbonyl (C=O) groups excluding carboxylic acids is 1. The average Bonchev–Trinajstić information content (AvgIpc) is 2.48. The van der Waals surface area contributed by atoms with Gasteiger partial charge in [0.05, 0.1) is 0 Å². The van der Waals surface area contributed by atoms with Crippen LogP contribution in [0.4, 0.5) is 5.82 Å². The van der Waals surface area contributed by atoms with Crippen LogP contribution in [0, 0.1) is 18.8 Å². The predicted molar refractivity (Wildman–Crippen MR) is 78.0 cm³/mol. The summed E-state index contributed by atoms with van der Waals surface area (Å²) in [6, 6.07) is 7.88. The maximum atomic E-state index is 12.2. The average molecular weight is 283 g/mol. The molecule has 3 N–H and O–H groups in total. The number of carbonyl (C=O) groups is 1. The molecule has 1 aromatic heterocycles. The number of H-pyrrole nitrogens is 1. The van der Waals surface area contributed by atoms with Crippen molar-refractivity contribution >= 4 is 11.7 Å². The number of aromatic amines is 1. The van der Waals surface area contributed by atoms with Crippen molar-refractivity contribution in [2.75, 3.05) is 11.9 Å². The highest BCUT2D eigenvalue weighted by atomic mass is 16.2. The van der Waals surface area contributed by atoms with Crippen molar-refractivity contribution in [3.8, 4) is 11.8 Å². The summed E-state index contributed by atoms with van der Waals surface area (Å²) in [5, 5.41) is 17.2. The summed E-state index contributed by atoms with van der Waals surface area (Å²) >= 11 is 0. The van der Waals surface area contributed by atoms with Crippen molar-refractivity contribution in [1.82, 2.24) is 10.2 Å². The van der Waals surface area contributed by atoms with Crippen LogP contribution in [0.3, 0.4) is 0 Å². The standard InChI is InChI=1S/C15H13N3O3/c1-10-4-5-11(3-2-8-19)9-12(10)15(21)16-13-6-7-14(20)18-17-13/h4-7,9,19H,8H2,1H3,(H,18,20)(H,16,17,21). The fourth-order valence-corrected chi connectivity index (χ4v) is 1.68. The van der Waals surface area contributed by atoms with Gasteiger partial charge in [0.25, 0.3) is 11.5 Å². The quantitative estimate of drug-likeness (QED) is 0.706. The van der Waals surface area contributed by atoms with Crippen LogP contribution in [0.5, 0.6) is 0 Å². The highest BCUT2D eigenvalue weighted by molar-refractivity contribution is 6.04. The SMILES string of the molecule is Cc1ccc(C#CCO)cc1C(=O)Nc1ccc(=O)[nH]n1. The molecule has 21 heavy (non-hydrogen) atoms. The van der Waals surface area contributed by atoms with Crippen LogP contribution in [0.15, 0.2) is 35.1 Å². The molecule has 0 spiro atoms. The second kappa shape index (κ2) is 6.50. The molecule has 1 amide bonds. The van der Waals surface area contributed by atoms with Crippen LogP contribution in [0.1, 0.15) is 21.5 Å². The van der Waals surface area contributed by atoms with Crippen LogP contribution in [-0.4, -0.2) is 27.8 Å². The molecule has 6 nitrogen and oxygen atoms in total. The topological polar surface area (TPSA) is 95.1 Å². The van der Waals surface area contributed by atoms with Crippen LogP contribution in [-0.2, 0) is 0 Å². The number of nitrogens with zero attached hydrogens (tertiary/aromatic N) is 1. The van der Waals surface area contributed by atoms with E-state index in [0.29, 0.717) is 11.1 Å². The number of aliphatic hydroxyl groups is 1. The zero-order valence-corrected chi connectivity index (χ0v) is 11.3. The molecule has 0 aliphatic heterocycles. The van der Waals surface area contributed by atoms with Gasteiger partial charge in [0.2, 0.25) is 0 Å². The summed E-state index contributed by atoms with van der Waals surface area (Å²) in [6.45, 7) is 1.56. The first-order valence-electron chi connectivity index (χ1n) is 6.17. The van der Waals surface area contributed by atoms with Crippen molar-refractivity contribution in [3.05, 3.63) is 57.4 Å². The Morgan fingerprint density at radius 3 is 2.86 bits per heavy atom. The minimum Gasteiger partial charge on any atom is -0.384 e. The molecule has 0 bridgehead atoms. The number of hydrogen-bond donors (Lipinski definition) is 3. The van der Waals surface area contributed by atoms with Crippen molar-refractivity contribution in [2.45, 2.75) is 6.92 Å². The molecule has 1 heterocycles. The molecule has 0 unspecified atom stereocenters. The van der Waals surface area contributed by atoms with Gasteiger partial charge in [-0.15, -0.1) is 0 Å². The van der Waals surface area contributed by atoms with Gasteiger partial charge in [-0.2, -0.15) is 5.10 Å². The van der Waals surface area contributed by atoms with E-state index in [4.69, 9.17) is 5.11 Å². The van der Waals surface area contributed by atoms with E-state index in [2.05, 4.69) is 27.4 Å². The largest absolute Gasteiger partial charge is 0.384 e. The summed E-state index contributed by atoms with van der Waals surface area (Å²) in [7, 11) is 0. The van der Waals surface area contributed by atoms with Gasteiger partial charge in [-0.05, 0) is 30.7 Å². The van der Waals surface area contributed by atoms with Crippen LogP contribution in [0.25, 0.3) is 0 Å². The molecule has 0 atom stereocenters. The molecule has 2 aromatic rings. The molecule has 0 aliphatic rings. The van der Waals surface area contributed by atoms with E-state index in [1.54, 1.807) is 25.1 Å². The number of hydrogen-bond acceptors (Lipinski definition) is 4. The van der Waals surface area contributed by atoms with E-state index in [-0.39, 0.29) is 23.9 Å². The first-order chi connectivity index (χ1) is 10.1. The third-order valence-electron chi connectivity index (χ3n) is 2.71. The molecule has 0 saturated carbocycles. The number of aromatic nitrogens is 2. The number of benzene rings is 1.